The minimum atomic E-state index is -0.260. The maximum absolute atomic E-state index is 10.4. The second-order valence-corrected chi connectivity index (χ2v) is 6.63. The number of aliphatic hydroxyl groups is 2. The molecule has 2 rings (SSSR count). The fraction of sp³-hybridized carbons (Fsp3) is 0.867. The van der Waals surface area contributed by atoms with Crippen molar-refractivity contribution >= 4 is 0 Å². The van der Waals surface area contributed by atoms with Crippen LogP contribution in [-0.4, -0.2) is 22.4 Å². The average molecular weight is 238 g/mol. The number of aliphatic hydroxyl groups excluding tert-OH is 2. The van der Waals surface area contributed by atoms with E-state index in [1.807, 2.05) is 0 Å². The summed E-state index contributed by atoms with van der Waals surface area (Å²) in [5.41, 5.74) is 1.20. The fourth-order valence-corrected chi connectivity index (χ4v) is 4.10. The van der Waals surface area contributed by atoms with Gasteiger partial charge < -0.3 is 10.2 Å². The first kappa shape index (κ1) is 13.1. The van der Waals surface area contributed by atoms with E-state index in [1.165, 1.54) is 5.57 Å². The molecule has 0 aromatic carbocycles. The van der Waals surface area contributed by atoms with Gasteiger partial charge >= 0.3 is 0 Å². The van der Waals surface area contributed by atoms with Crippen LogP contribution in [0.4, 0.5) is 0 Å². The van der Waals surface area contributed by atoms with Gasteiger partial charge in [0.1, 0.15) is 0 Å². The second-order valence-electron chi connectivity index (χ2n) is 6.63. The van der Waals surface area contributed by atoms with Crippen LogP contribution >= 0.6 is 0 Å². The summed E-state index contributed by atoms with van der Waals surface area (Å²) in [6.45, 7) is 10.5. The van der Waals surface area contributed by atoms with E-state index < -0.39 is 0 Å². The Bertz CT molecular complexity index is 310. The maximum Gasteiger partial charge on any atom is 0.0602 e. The summed E-state index contributed by atoms with van der Waals surface area (Å²) in [4.78, 5) is 0. The van der Waals surface area contributed by atoms with Gasteiger partial charge in [-0.25, -0.2) is 0 Å². The van der Waals surface area contributed by atoms with Crippen molar-refractivity contribution in [3.63, 3.8) is 0 Å². The lowest BCUT2D eigenvalue weighted by Gasteiger charge is -2.45. The SMILES string of the molecule is C=C1CC[C@H](O)[C@@]2(C)CC[C@@H]([C@@H](O)C(C)C)[C@H]12. The van der Waals surface area contributed by atoms with Gasteiger partial charge in [0, 0.05) is 5.41 Å². The summed E-state index contributed by atoms with van der Waals surface area (Å²) in [5.74, 6) is 0.889. The summed E-state index contributed by atoms with van der Waals surface area (Å²) < 4.78 is 0. The summed E-state index contributed by atoms with van der Waals surface area (Å²) in [6, 6.07) is 0. The van der Waals surface area contributed by atoms with Crippen molar-refractivity contribution < 1.29 is 10.2 Å². The normalized spacial score (nSPS) is 43.9. The van der Waals surface area contributed by atoms with Gasteiger partial charge in [-0.2, -0.15) is 0 Å². The zero-order valence-electron chi connectivity index (χ0n) is 11.3. The Morgan fingerprint density at radius 3 is 2.59 bits per heavy atom. The van der Waals surface area contributed by atoms with Crippen LogP contribution in [0.2, 0.25) is 0 Å². The van der Waals surface area contributed by atoms with E-state index >= 15 is 0 Å². The van der Waals surface area contributed by atoms with Crippen LogP contribution in [0.5, 0.6) is 0 Å². The number of fused-ring (bicyclic) bond motifs is 1. The molecule has 0 unspecified atom stereocenters. The molecule has 0 radical (unpaired) electrons. The highest BCUT2D eigenvalue weighted by atomic mass is 16.3. The zero-order valence-corrected chi connectivity index (χ0v) is 11.3. The fourth-order valence-electron chi connectivity index (χ4n) is 4.10. The molecule has 0 bridgehead atoms. The van der Waals surface area contributed by atoms with Gasteiger partial charge in [0.05, 0.1) is 12.2 Å². The van der Waals surface area contributed by atoms with Crippen molar-refractivity contribution in [3.05, 3.63) is 12.2 Å². The molecule has 0 amide bonds. The quantitative estimate of drug-likeness (QED) is 0.726. The second kappa shape index (κ2) is 4.40. The molecule has 2 saturated carbocycles. The van der Waals surface area contributed by atoms with E-state index in [9.17, 15) is 10.2 Å². The molecule has 0 aromatic rings. The lowest BCUT2D eigenvalue weighted by atomic mass is 9.62. The third kappa shape index (κ3) is 1.96. The Hall–Kier alpha value is -0.340. The third-order valence-electron chi connectivity index (χ3n) is 5.22. The molecule has 0 heterocycles. The van der Waals surface area contributed by atoms with E-state index in [2.05, 4.69) is 27.4 Å². The molecule has 2 heteroatoms. The monoisotopic (exact) mass is 238 g/mol. The Kier molecular flexibility index (Phi) is 3.39. The highest BCUT2D eigenvalue weighted by molar-refractivity contribution is 5.18. The Labute approximate surface area is 105 Å². The van der Waals surface area contributed by atoms with Gasteiger partial charge in [-0.1, -0.05) is 32.9 Å². The number of allylic oxidation sites excluding steroid dienone is 1. The minimum absolute atomic E-state index is 0.0458. The van der Waals surface area contributed by atoms with Gasteiger partial charge in [-0.3, -0.25) is 0 Å². The Morgan fingerprint density at radius 1 is 1.35 bits per heavy atom. The molecular weight excluding hydrogens is 212 g/mol. The van der Waals surface area contributed by atoms with Gasteiger partial charge in [0.25, 0.3) is 0 Å². The van der Waals surface area contributed by atoms with Crippen LogP contribution in [0, 0.1) is 23.2 Å². The van der Waals surface area contributed by atoms with Crippen molar-refractivity contribution in [2.75, 3.05) is 0 Å². The first-order valence-corrected chi connectivity index (χ1v) is 6.91. The van der Waals surface area contributed by atoms with E-state index in [-0.39, 0.29) is 23.5 Å². The van der Waals surface area contributed by atoms with Crippen molar-refractivity contribution in [2.24, 2.45) is 23.2 Å². The van der Waals surface area contributed by atoms with Crippen molar-refractivity contribution in [1.82, 2.24) is 0 Å². The Balaban J connectivity index is 2.26. The van der Waals surface area contributed by atoms with E-state index in [0.29, 0.717) is 11.8 Å². The highest BCUT2D eigenvalue weighted by Crippen LogP contribution is 2.57. The predicted octanol–water partition coefficient (Wildman–Crippen LogP) is 2.75. The molecule has 0 saturated heterocycles. The van der Waals surface area contributed by atoms with E-state index in [0.717, 1.165) is 25.7 Å². The summed E-state index contributed by atoms with van der Waals surface area (Å²) in [7, 11) is 0. The summed E-state index contributed by atoms with van der Waals surface area (Å²) >= 11 is 0. The minimum Gasteiger partial charge on any atom is -0.393 e. The topological polar surface area (TPSA) is 40.5 Å². The lowest BCUT2D eigenvalue weighted by Crippen LogP contribution is -2.44. The predicted molar refractivity (Wildman–Crippen MR) is 69.5 cm³/mol. The molecule has 17 heavy (non-hydrogen) atoms. The van der Waals surface area contributed by atoms with Gasteiger partial charge in [-0.15, -0.1) is 0 Å². The lowest BCUT2D eigenvalue weighted by molar-refractivity contribution is -0.0320. The summed E-state index contributed by atoms with van der Waals surface area (Å²) in [5, 5.41) is 20.6. The standard InChI is InChI=1S/C15H26O2/c1-9(2)14(17)11-7-8-15(4)12(16)6-5-10(3)13(11)15/h9,11-14,16-17H,3,5-8H2,1-2,4H3/t11-,12+,13+,14+,15-/m1/s1. The van der Waals surface area contributed by atoms with Crippen LogP contribution in [0.25, 0.3) is 0 Å². The molecule has 2 N–H and O–H groups in total. The van der Waals surface area contributed by atoms with Crippen LogP contribution in [0.1, 0.15) is 46.5 Å². The molecule has 98 valence electrons. The van der Waals surface area contributed by atoms with Gasteiger partial charge in [-0.05, 0) is 43.4 Å². The molecule has 2 fully saturated rings. The molecule has 0 aromatic heterocycles. The molecule has 5 atom stereocenters. The molecule has 2 aliphatic rings. The van der Waals surface area contributed by atoms with Crippen LogP contribution in [0.3, 0.4) is 0 Å². The van der Waals surface area contributed by atoms with Crippen LogP contribution in [0.15, 0.2) is 12.2 Å². The zero-order chi connectivity index (χ0) is 12.8. The van der Waals surface area contributed by atoms with Crippen LogP contribution in [-0.2, 0) is 0 Å². The largest absolute Gasteiger partial charge is 0.393 e. The van der Waals surface area contributed by atoms with Gasteiger partial charge in [0.2, 0.25) is 0 Å². The highest BCUT2D eigenvalue weighted by Gasteiger charge is 2.54. The number of hydrogen-bond donors (Lipinski definition) is 2. The van der Waals surface area contributed by atoms with Crippen molar-refractivity contribution in [3.8, 4) is 0 Å². The molecule has 2 nitrogen and oxygen atoms in total. The van der Waals surface area contributed by atoms with E-state index in [4.69, 9.17) is 0 Å². The smallest absolute Gasteiger partial charge is 0.0602 e. The maximum atomic E-state index is 10.4. The van der Waals surface area contributed by atoms with Gasteiger partial charge in [0.15, 0.2) is 0 Å². The Morgan fingerprint density at radius 2 is 2.00 bits per heavy atom. The van der Waals surface area contributed by atoms with Crippen LogP contribution < -0.4 is 0 Å². The molecule has 0 aliphatic heterocycles. The average Bonchev–Trinajstić information content (AvgIpc) is 2.63. The first-order valence-electron chi connectivity index (χ1n) is 6.91. The van der Waals surface area contributed by atoms with Crippen molar-refractivity contribution in [2.45, 2.75) is 58.7 Å². The third-order valence-corrected chi connectivity index (χ3v) is 5.22. The van der Waals surface area contributed by atoms with E-state index in [1.54, 1.807) is 0 Å². The first-order chi connectivity index (χ1) is 7.88. The number of hydrogen-bond acceptors (Lipinski definition) is 2. The molecule has 2 aliphatic carbocycles. The number of rotatable bonds is 2. The summed E-state index contributed by atoms with van der Waals surface area (Å²) in [6.07, 6.45) is 3.33. The van der Waals surface area contributed by atoms with Crippen molar-refractivity contribution in [1.29, 1.82) is 0 Å². The molecule has 0 spiro atoms. The molecular formula is C15H26O2.